The van der Waals surface area contributed by atoms with Crippen LogP contribution in [0.2, 0.25) is 0 Å². The Hall–Kier alpha value is -3.10. The molecule has 4 N–H and O–H groups in total. The number of para-hydroxylation sites is 2. The zero-order chi connectivity index (χ0) is 22.3. The molecule has 1 fully saturated rings. The first-order valence-electron chi connectivity index (χ1n) is 10.9. The van der Waals surface area contributed by atoms with Gasteiger partial charge in [-0.15, -0.1) is 0 Å². The van der Waals surface area contributed by atoms with Crippen LogP contribution >= 0.6 is 0 Å². The van der Waals surface area contributed by atoms with Gasteiger partial charge in [-0.2, -0.15) is 0 Å². The third kappa shape index (κ3) is 3.40. The molecule has 8 nitrogen and oxygen atoms in total. The molecule has 4 unspecified atom stereocenters. The van der Waals surface area contributed by atoms with E-state index >= 15 is 0 Å². The highest BCUT2D eigenvalue weighted by Crippen LogP contribution is 2.43. The number of amides is 2. The summed E-state index contributed by atoms with van der Waals surface area (Å²) in [6.45, 7) is 0.237. The van der Waals surface area contributed by atoms with Crippen LogP contribution in [0, 0.1) is 5.41 Å². The molecule has 3 aliphatic rings. The van der Waals surface area contributed by atoms with E-state index in [-0.39, 0.29) is 13.2 Å². The van der Waals surface area contributed by atoms with Gasteiger partial charge in [0.2, 0.25) is 11.8 Å². The van der Waals surface area contributed by atoms with Gasteiger partial charge in [-0.1, -0.05) is 42.8 Å². The molecular weight excluding hydrogens is 412 g/mol. The van der Waals surface area contributed by atoms with E-state index in [2.05, 4.69) is 10.6 Å². The highest BCUT2D eigenvalue weighted by atomic mass is 16.5. The third-order valence-corrected chi connectivity index (χ3v) is 6.78. The summed E-state index contributed by atoms with van der Waals surface area (Å²) in [5.74, 6) is 0.320. The lowest BCUT2D eigenvalue weighted by Crippen LogP contribution is -2.61. The largest absolute Gasteiger partial charge is 0.491 e. The summed E-state index contributed by atoms with van der Waals surface area (Å²) in [5.41, 5.74) is -0.0116. The SMILES string of the molecule is O=C(NC1COc2ccccc2C1O)C1(C(=O)NC2COc3ccccc3C2O)CCC1. The number of hydrogen-bond acceptors (Lipinski definition) is 6. The number of benzene rings is 2. The molecule has 1 saturated carbocycles. The number of nitrogens with one attached hydrogen (secondary N) is 2. The number of fused-ring (bicyclic) bond motifs is 2. The van der Waals surface area contributed by atoms with Crippen LogP contribution < -0.4 is 20.1 Å². The first kappa shape index (κ1) is 20.8. The average molecular weight is 438 g/mol. The summed E-state index contributed by atoms with van der Waals surface area (Å²) in [6, 6.07) is 13.0. The van der Waals surface area contributed by atoms with Gasteiger partial charge in [-0.25, -0.2) is 0 Å². The lowest BCUT2D eigenvalue weighted by Gasteiger charge is -2.42. The Morgan fingerprint density at radius 2 is 1.22 bits per heavy atom. The number of hydrogen-bond donors (Lipinski definition) is 4. The minimum atomic E-state index is -1.23. The normalized spacial score (nSPS) is 27.4. The summed E-state index contributed by atoms with van der Waals surface area (Å²) in [4.78, 5) is 26.4. The minimum absolute atomic E-state index is 0.119. The van der Waals surface area contributed by atoms with E-state index in [1.807, 2.05) is 12.1 Å². The van der Waals surface area contributed by atoms with Gasteiger partial charge in [-0.05, 0) is 25.0 Å². The van der Waals surface area contributed by atoms with Crippen molar-refractivity contribution in [3.05, 3.63) is 59.7 Å². The zero-order valence-corrected chi connectivity index (χ0v) is 17.5. The monoisotopic (exact) mass is 438 g/mol. The second kappa shape index (κ2) is 8.11. The van der Waals surface area contributed by atoms with E-state index in [0.29, 0.717) is 35.5 Å². The molecule has 2 aromatic rings. The van der Waals surface area contributed by atoms with Crippen LogP contribution in [0.15, 0.2) is 48.5 Å². The van der Waals surface area contributed by atoms with E-state index in [9.17, 15) is 19.8 Å². The highest BCUT2D eigenvalue weighted by molar-refractivity contribution is 6.06. The van der Waals surface area contributed by atoms with Crippen molar-refractivity contribution in [2.75, 3.05) is 13.2 Å². The van der Waals surface area contributed by atoms with Crippen LogP contribution in [0.1, 0.15) is 42.6 Å². The van der Waals surface area contributed by atoms with Gasteiger partial charge in [0.15, 0.2) is 0 Å². The summed E-state index contributed by atoms with van der Waals surface area (Å²) in [5, 5.41) is 27.1. The van der Waals surface area contributed by atoms with Crippen molar-refractivity contribution >= 4 is 11.8 Å². The molecular formula is C24H26N2O6. The van der Waals surface area contributed by atoms with Gasteiger partial charge >= 0.3 is 0 Å². The molecule has 0 spiro atoms. The maximum Gasteiger partial charge on any atom is 0.236 e. The second-order valence-corrected chi connectivity index (χ2v) is 8.68. The van der Waals surface area contributed by atoms with E-state index in [4.69, 9.17) is 9.47 Å². The molecule has 2 aromatic carbocycles. The van der Waals surface area contributed by atoms with Crippen LogP contribution in [0.5, 0.6) is 11.5 Å². The minimum Gasteiger partial charge on any atom is -0.491 e. The Morgan fingerprint density at radius 3 is 1.62 bits per heavy atom. The van der Waals surface area contributed by atoms with Crippen molar-refractivity contribution in [2.45, 2.75) is 43.6 Å². The van der Waals surface area contributed by atoms with Crippen LogP contribution in [0.4, 0.5) is 0 Å². The Bertz CT molecular complexity index is 959. The van der Waals surface area contributed by atoms with Gasteiger partial charge < -0.3 is 30.3 Å². The number of ether oxygens (including phenoxy) is 2. The molecule has 1 aliphatic carbocycles. The average Bonchev–Trinajstić information content (AvgIpc) is 2.77. The maximum atomic E-state index is 13.2. The Kier molecular flexibility index (Phi) is 5.27. The van der Waals surface area contributed by atoms with Gasteiger partial charge in [-0.3, -0.25) is 9.59 Å². The van der Waals surface area contributed by atoms with Crippen LogP contribution in [-0.2, 0) is 9.59 Å². The predicted octanol–water partition coefficient (Wildman–Crippen LogP) is 1.38. The van der Waals surface area contributed by atoms with Crippen LogP contribution in [-0.4, -0.2) is 47.3 Å². The van der Waals surface area contributed by atoms with E-state index in [1.54, 1.807) is 36.4 Å². The fourth-order valence-corrected chi connectivity index (χ4v) is 4.63. The van der Waals surface area contributed by atoms with Crippen molar-refractivity contribution in [2.24, 2.45) is 5.41 Å². The topological polar surface area (TPSA) is 117 Å². The Morgan fingerprint density at radius 1 is 0.781 bits per heavy atom. The van der Waals surface area contributed by atoms with Crippen LogP contribution in [0.3, 0.4) is 0 Å². The number of carbonyl (C=O) groups is 2. The molecule has 0 saturated heterocycles. The van der Waals surface area contributed by atoms with E-state index in [1.165, 1.54) is 0 Å². The van der Waals surface area contributed by atoms with E-state index in [0.717, 1.165) is 6.42 Å². The fraction of sp³-hybridized carbons (Fsp3) is 0.417. The smallest absolute Gasteiger partial charge is 0.236 e. The molecule has 0 aromatic heterocycles. The summed E-state index contributed by atoms with van der Waals surface area (Å²) >= 11 is 0. The van der Waals surface area contributed by atoms with Crippen molar-refractivity contribution in [1.29, 1.82) is 0 Å². The third-order valence-electron chi connectivity index (χ3n) is 6.78. The number of aliphatic hydroxyl groups is 2. The second-order valence-electron chi connectivity index (χ2n) is 8.68. The molecule has 2 amide bonds. The molecule has 168 valence electrons. The molecule has 8 heteroatoms. The Balaban J connectivity index is 1.28. The summed E-state index contributed by atoms with van der Waals surface area (Å²) < 4.78 is 11.4. The number of carbonyl (C=O) groups excluding carboxylic acids is 2. The van der Waals surface area contributed by atoms with Crippen molar-refractivity contribution in [3.63, 3.8) is 0 Å². The molecule has 0 radical (unpaired) electrons. The van der Waals surface area contributed by atoms with Crippen molar-refractivity contribution < 1.29 is 29.3 Å². The van der Waals surface area contributed by atoms with Crippen molar-refractivity contribution in [3.8, 4) is 11.5 Å². The quantitative estimate of drug-likeness (QED) is 0.536. The fourth-order valence-electron chi connectivity index (χ4n) is 4.63. The standard InChI is InChI=1S/C24H26N2O6/c27-20-14-6-1-3-8-18(14)31-12-16(20)25-22(29)24(10-5-11-24)23(30)26-17-13-32-19-9-4-2-7-15(19)21(17)28/h1-4,6-9,16-17,20-21,27-28H,5,10-13H2,(H,25,29)(H,26,30). The van der Waals surface area contributed by atoms with Gasteiger partial charge in [0.05, 0.1) is 12.1 Å². The highest BCUT2D eigenvalue weighted by Gasteiger charge is 2.52. The lowest BCUT2D eigenvalue weighted by molar-refractivity contribution is -0.152. The van der Waals surface area contributed by atoms with Gasteiger partial charge in [0, 0.05) is 11.1 Å². The van der Waals surface area contributed by atoms with Crippen molar-refractivity contribution in [1.82, 2.24) is 10.6 Å². The first-order valence-corrected chi connectivity index (χ1v) is 10.9. The van der Waals surface area contributed by atoms with Gasteiger partial charge in [0.1, 0.15) is 42.3 Å². The summed E-state index contributed by atoms with van der Waals surface area (Å²) in [6.07, 6.45) is -0.278. The number of aliphatic hydroxyl groups excluding tert-OH is 2. The van der Waals surface area contributed by atoms with E-state index < -0.39 is 41.5 Å². The molecule has 0 bridgehead atoms. The zero-order valence-electron chi connectivity index (χ0n) is 17.5. The molecule has 2 heterocycles. The Labute approximate surface area is 185 Å². The molecule has 32 heavy (non-hydrogen) atoms. The lowest BCUT2D eigenvalue weighted by atomic mass is 9.67. The molecule has 4 atom stereocenters. The maximum absolute atomic E-state index is 13.2. The predicted molar refractivity (Wildman–Crippen MR) is 114 cm³/mol. The first-order chi connectivity index (χ1) is 15.5. The number of rotatable bonds is 4. The summed E-state index contributed by atoms with van der Waals surface area (Å²) in [7, 11) is 0. The molecule has 2 aliphatic heterocycles. The van der Waals surface area contributed by atoms with Crippen LogP contribution in [0.25, 0.3) is 0 Å². The van der Waals surface area contributed by atoms with Gasteiger partial charge in [0.25, 0.3) is 0 Å². The molecule has 5 rings (SSSR count).